The summed E-state index contributed by atoms with van der Waals surface area (Å²) in [6.07, 6.45) is 4.42. The maximum absolute atomic E-state index is 9.34. The van der Waals surface area contributed by atoms with Gasteiger partial charge in [-0.1, -0.05) is 0 Å². The molecule has 0 bridgehead atoms. The van der Waals surface area contributed by atoms with Gasteiger partial charge in [0.2, 0.25) is 5.88 Å². The molecule has 3 heterocycles. The topological polar surface area (TPSA) is 115 Å². The summed E-state index contributed by atoms with van der Waals surface area (Å²) in [4.78, 5) is 11.1. The Balaban J connectivity index is 1.68. The molecule has 0 saturated carbocycles. The van der Waals surface area contributed by atoms with Crippen LogP contribution in [0.15, 0.2) is 36.7 Å². The lowest BCUT2D eigenvalue weighted by Gasteiger charge is -2.28. The molecular weight excluding hydrogens is 382 g/mol. The predicted molar refractivity (Wildman–Crippen MR) is 111 cm³/mol. The number of hydrogen-bond acceptors (Lipinski definition) is 8. The van der Waals surface area contributed by atoms with Crippen LogP contribution in [0.5, 0.6) is 11.6 Å². The van der Waals surface area contributed by atoms with E-state index in [0.29, 0.717) is 48.5 Å². The zero-order valence-electron chi connectivity index (χ0n) is 16.8. The van der Waals surface area contributed by atoms with E-state index in [-0.39, 0.29) is 0 Å². The van der Waals surface area contributed by atoms with Crippen molar-refractivity contribution in [3.8, 4) is 23.4 Å². The highest BCUT2D eigenvalue weighted by Crippen LogP contribution is 2.30. The number of anilines is 1. The van der Waals surface area contributed by atoms with Crippen molar-refractivity contribution in [3.05, 3.63) is 53.6 Å². The lowest BCUT2D eigenvalue weighted by Crippen LogP contribution is -2.36. The largest absolute Gasteiger partial charge is 0.437 e. The molecule has 1 aliphatic heterocycles. The van der Waals surface area contributed by atoms with E-state index >= 15 is 0 Å². The van der Waals surface area contributed by atoms with Crippen molar-refractivity contribution in [1.82, 2.24) is 19.7 Å². The Morgan fingerprint density at radius 3 is 2.83 bits per heavy atom. The van der Waals surface area contributed by atoms with Gasteiger partial charge in [0, 0.05) is 31.4 Å². The first-order valence-electron chi connectivity index (χ1n) is 9.80. The Morgan fingerprint density at radius 1 is 1.23 bits per heavy atom. The van der Waals surface area contributed by atoms with Gasteiger partial charge in [-0.05, 0) is 37.6 Å². The average Bonchev–Trinajstić information content (AvgIpc) is 3.22. The molecule has 1 aromatic carbocycles. The van der Waals surface area contributed by atoms with Gasteiger partial charge < -0.3 is 20.1 Å². The van der Waals surface area contributed by atoms with Crippen molar-refractivity contribution < 1.29 is 9.47 Å². The van der Waals surface area contributed by atoms with E-state index in [1.807, 2.05) is 25.3 Å². The number of nitrogens with zero attached hydrogens (tertiary/aromatic N) is 6. The van der Waals surface area contributed by atoms with Crippen LogP contribution in [-0.2, 0) is 11.2 Å². The molecule has 1 fully saturated rings. The summed E-state index contributed by atoms with van der Waals surface area (Å²) in [5, 5.41) is 13.8. The molecule has 0 unspecified atom stereocenters. The molecule has 1 aliphatic rings. The number of ether oxygens (including phenoxy) is 2. The molecule has 2 N–H and O–H groups in total. The van der Waals surface area contributed by atoms with E-state index in [2.05, 4.69) is 26.0 Å². The smallest absolute Gasteiger partial charge is 0.224 e. The second-order valence-electron chi connectivity index (χ2n) is 6.94. The number of rotatable bonds is 6. The molecular formula is C21H23N7O2. The van der Waals surface area contributed by atoms with Gasteiger partial charge in [0.1, 0.15) is 17.3 Å². The lowest BCUT2D eigenvalue weighted by molar-refractivity contribution is 0.122. The van der Waals surface area contributed by atoms with Gasteiger partial charge in [-0.2, -0.15) is 15.3 Å². The van der Waals surface area contributed by atoms with Gasteiger partial charge in [-0.15, -0.1) is 0 Å². The summed E-state index contributed by atoms with van der Waals surface area (Å²) < 4.78 is 13.3. The van der Waals surface area contributed by atoms with Gasteiger partial charge in [0.05, 0.1) is 31.0 Å². The van der Waals surface area contributed by atoms with Gasteiger partial charge in [-0.25, -0.2) is 9.67 Å². The summed E-state index contributed by atoms with van der Waals surface area (Å²) in [5.41, 5.74) is 7.87. The van der Waals surface area contributed by atoms with Crippen molar-refractivity contribution in [3.63, 3.8) is 0 Å². The molecule has 9 heteroatoms. The molecule has 3 aromatic rings. The van der Waals surface area contributed by atoms with E-state index in [1.165, 1.54) is 0 Å². The third-order valence-corrected chi connectivity index (χ3v) is 4.76. The van der Waals surface area contributed by atoms with Gasteiger partial charge in [0.15, 0.2) is 5.75 Å². The van der Waals surface area contributed by atoms with Gasteiger partial charge in [0.25, 0.3) is 0 Å². The number of morpholine rings is 1. The highest BCUT2D eigenvalue weighted by atomic mass is 16.5. The van der Waals surface area contributed by atoms with Crippen molar-refractivity contribution >= 4 is 5.82 Å². The minimum atomic E-state index is 0.412. The number of hydrogen-bond donors (Lipinski definition) is 1. The number of nitrogens with two attached hydrogens (primary N) is 1. The lowest BCUT2D eigenvalue weighted by atomic mass is 10.2. The van der Waals surface area contributed by atoms with Crippen LogP contribution >= 0.6 is 0 Å². The van der Waals surface area contributed by atoms with Crippen molar-refractivity contribution in [2.45, 2.75) is 13.3 Å². The zero-order valence-corrected chi connectivity index (χ0v) is 16.8. The van der Waals surface area contributed by atoms with Gasteiger partial charge >= 0.3 is 0 Å². The maximum atomic E-state index is 9.34. The predicted octanol–water partition coefficient (Wildman–Crippen LogP) is 1.97. The van der Waals surface area contributed by atoms with Crippen LogP contribution in [0.4, 0.5) is 5.82 Å². The summed E-state index contributed by atoms with van der Waals surface area (Å²) in [6.45, 7) is 5.24. The normalized spacial score (nSPS) is 13.8. The zero-order chi connectivity index (χ0) is 20.9. The fourth-order valence-corrected chi connectivity index (χ4v) is 3.29. The Bertz CT molecular complexity index is 1070. The number of nitriles is 1. The van der Waals surface area contributed by atoms with E-state index in [0.717, 1.165) is 30.9 Å². The molecule has 4 rings (SSSR count). The van der Waals surface area contributed by atoms with Crippen LogP contribution in [0.3, 0.4) is 0 Å². The molecule has 9 nitrogen and oxygen atoms in total. The molecule has 0 amide bonds. The molecule has 154 valence electrons. The second kappa shape index (κ2) is 8.90. The van der Waals surface area contributed by atoms with Crippen molar-refractivity contribution in [2.24, 2.45) is 5.73 Å². The number of benzene rings is 1. The van der Waals surface area contributed by atoms with Crippen LogP contribution in [0.2, 0.25) is 0 Å². The van der Waals surface area contributed by atoms with Crippen molar-refractivity contribution in [1.29, 1.82) is 5.26 Å². The first-order chi connectivity index (χ1) is 14.7. The van der Waals surface area contributed by atoms with Gasteiger partial charge in [-0.3, -0.25) is 0 Å². The fraction of sp³-hybridized carbons (Fsp3) is 0.333. The van der Waals surface area contributed by atoms with Crippen LogP contribution < -0.4 is 15.4 Å². The number of aryl methyl sites for hydroxylation is 1. The molecule has 0 atom stereocenters. The Morgan fingerprint density at radius 2 is 2.07 bits per heavy atom. The molecule has 2 aromatic heterocycles. The Kier molecular flexibility index (Phi) is 5.88. The first-order valence-corrected chi connectivity index (χ1v) is 9.80. The Labute approximate surface area is 174 Å². The summed E-state index contributed by atoms with van der Waals surface area (Å²) in [7, 11) is 0. The van der Waals surface area contributed by atoms with E-state index < -0.39 is 0 Å². The third-order valence-electron chi connectivity index (χ3n) is 4.76. The SMILES string of the molecule is Cc1nc(Oc2cc(C#N)ccc2-n2cc(CCN)cn2)cc(N2CCOCC2)n1. The van der Waals surface area contributed by atoms with E-state index in [1.54, 1.807) is 23.0 Å². The molecule has 1 saturated heterocycles. The standard InChI is InChI=1S/C21H23N7O2/c1-15-25-20(27-6-8-29-9-7-27)11-21(26-15)30-19-10-16(12-23)2-3-18(19)28-14-17(4-5-22)13-24-28/h2-3,10-11,13-14H,4-9,22H2,1H3. The van der Waals surface area contributed by atoms with E-state index in [9.17, 15) is 5.26 Å². The fourth-order valence-electron chi connectivity index (χ4n) is 3.29. The van der Waals surface area contributed by atoms with Crippen LogP contribution in [-0.4, -0.2) is 52.6 Å². The molecule has 0 radical (unpaired) electrons. The minimum Gasteiger partial charge on any atom is -0.437 e. The highest BCUT2D eigenvalue weighted by molar-refractivity contribution is 5.53. The summed E-state index contributed by atoms with van der Waals surface area (Å²) in [6, 6.07) is 9.19. The van der Waals surface area contributed by atoms with E-state index in [4.69, 9.17) is 15.2 Å². The van der Waals surface area contributed by atoms with Crippen LogP contribution in [0, 0.1) is 18.3 Å². The van der Waals surface area contributed by atoms with Crippen LogP contribution in [0.25, 0.3) is 5.69 Å². The quantitative estimate of drug-likeness (QED) is 0.662. The van der Waals surface area contributed by atoms with Crippen molar-refractivity contribution in [2.75, 3.05) is 37.7 Å². The summed E-state index contributed by atoms with van der Waals surface area (Å²) >= 11 is 0. The monoisotopic (exact) mass is 405 g/mol. The Hall–Kier alpha value is -3.48. The maximum Gasteiger partial charge on any atom is 0.224 e. The third kappa shape index (κ3) is 4.40. The molecule has 0 aliphatic carbocycles. The number of aromatic nitrogens is 4. The average molecular weight is 405 g/mol. The highest BCUT2D eigenvalue weighted by Gasteiger charge is 2.16. The molecule has 0 spiro atoms. The second-order valence-corrected chi connectivity index (χ2v) is 6.94. The first kappa shape index (κ1) is 19.8. The minimum absolute atomic E-state index is 0.412. The molecule has 30 heavy (non-hydrogen) atoms. The van der Waals surface area contributed by atoms with Crippen LogP contribution in [0.1, 0.15) is 17.0 Å². The summed E-state index contributed by atoms with van der Waals surface area (Å²) in [5.74, 6) is 2.30.